The van der Waals surface area contributed by atoms with Crippen molar-refractivity contribution < 1.29 is 14.0 Å². The number of amides is 2. The van der Waals surface area contributed by atoms with E-state index in [4.69, 9.17) is 0 Å². The summed E-state index contributed by atoms with van der Waals surface area (Å²) in [6.07, 6.45) is 1.25. The SMILES string of the molecule is Cc1cc(F)ccc1C(=O)NCC1CCC(=O)N1. The standard InChI is InChI=1S/C13H15FN2O2/c1-8-6-9(14)2-4-11(8)13(18)15-7-10-3-5-12(17)16-10/h2,4,6,10H,3,5,7H2,1H3,(H,15,18)(H,16,17). The maximum atomic E-state index is 12.9. The summed E-state index contributed by atoms with van der Waals surface area (Å²) in [6, 6.07) is 4.06. The molecule has 1 unspecified atom stereocenters. The van der Waals surface area contributed by atoms with Crippen LogP contribution in [0, 0.1) is 12.7 Å². The number of carbonyl (C=O) groups is 2. The van der Waals surface area contributed by atoms with Gasteiger partial charge in [-0.3, -0.25) is 9.59 Å². The lowest BCUT2D eigenvalue weighted by Gasteiger charge is -2.12. The summed E-state index contributed by atoms with van der Waals surface area (Å²) >= 11 is 0. The fraction of sp³-hybridized carbons (Fsp3) is 0.385. The van der Waals surface area contributed by atoms with E-state index in [1.54, 1.807) is 6.92 Å². The van der Waals surface area contributed by atoms with Crippen molar-refractivity contribution in [3.63, 3.8) is 0 Å². The maximum Gasteiger partial charge on any atom is 0.251 e. The first-order valence-corrected chi connectivity index (χ1v) is 5.90. The molecule has 4 nitrogen and oxygen atoms in total. The molecule has 0 saturated carbocycles. The van der Waals surface area contributed by atoms with Crippen molar-refractivity contribution in [3.05, 3.63) is 35.1 Å². The first-order valence-electron chi connectivity index (χ1n) is 5.90. The minimum Gasteiger partial charge on any atom is -0.352 e. The Balaban J connectivity index is 1.93. The van der Waals surface area contributed by atoms with Gasteiger partial charge in [0.05, 0.1) is 0 Å². The lowest BCUT2D eigenvalue weighted by Crippen LogP contribution is -2.38. The van der Waals surface area contributed by atoms with Crippen LogP contribution < -0.4 is 10.6 Å². The van der Waals surface area contributed by atoms with E-state index in [9.17, 15) is 14.0 Å². The van der Waals surface area contributed by atoms with Crippen molar-refractivity contribution in [2.45, 2.75) is 25.8 Å². The number of aryl methyl sites for hydroxylation is 1. The molecule has 1 aromatic rings. The monoisotopic (exact) mass is 250 g/mol. The molecular formula is C13H15FN2O2. The fourth-order valence-corrected chi connectivity index (χ4v) is 2.02. The topological polar surface area (TPSA) is 58.2 Å². The van der Waals surface area contributed by atoms with Crippen LogP contribution in [0.1, 0.15) is 28.8 Å². The van der Waals surface area contributed by atoms with Crippen LogP contribution in [0.15, 0.2) is 18.2 Å². The van der Waals surface area contributed by atoms with Gasteiger partial charge >= 0.3 is 0 Å². The van der Waals surface area contributed by atoms with Gasteiger partial charge in [0.25, 0.3) is 5.91 Å². The van der Waals surface area contributed by atoms with E-state index in [0.29, 0.717) is 24.1 Å². The van der Waals surface area contributed by atoms with Crippen molar-refractivity contribution >= 4 is 11.8 Å². The van der Waals surface area contributed by atoms with Crippen LogP contribution in [0.2, 0.25) is 0 Å². The number of rotatable bonds is 3. The molecule has 1 aliphatic heterocycles. The maximum absolute atomic E-state index is 12.9. The van der Waals surface area contributed by atoms with Gasteiger partial charge in [-0.25, -0.2) is 4.39 Å². The number of carbonyl (C=O) groups excluding carboxylic acids is 2. The highest BCUT2D eigenvalue weighted by atomic mass is 19.1. The third-order valence-corrected chi connectivity index (χ3v) is 3.03. The van der Waals surface area contributed by atoms with Gasteiger partial charge in [0.15, 0.2) is 0 Å². The van der Waals surface area contributed by atoms with Gasteiger partial charge in [-0.05, 0) is 37.1 Å². The predicted octanol–water partition coefficient (Wildman–Crippen LogP) is 1.14. The van der Waals surface area contributed by atoms with E-state index < -0.39 is 0 Å². The van der Waals surface area contributed by atoms with Crippen LogP contribution >= 0.6 is 0 Å². The highest BCUT2D eigenvalue weighted by Crippen LogP contribution is 2.10. The molecule has 5 heteroatoms. The summed E-state index contributed by atoms with van der Waals surface area (Å²) in [5, 5.41) is 5.52. The Morgan fingerprint density at radius 3 is 2.94 bits per heavy atom. The van der Waals surface area contributed by atoms with Crippen molar-refractivity contribution in [1.82, 2.24) is 10.6 Å². The summed E-state index contributed by atoms with van der Waals surface area (Å²) in [5.41, 5.74) is 1.06. The first kappa shape index (κ1) is 12.5. The van der Waals surface area contributed by atoms with Crippen LogP contribution in [-0.4, -0.2) is 24.4 Å². The van der Waals surface area contributed by atoms with Crippen LogP contribution in [0.25, 0.3) is 0 Å². The lowest BCUT2D eigenvalue weighted by molar-refractivity contribution is -0.119. The smallest absolute Gasteiger partial charge is 0.251 e. The quantitative estimate of drug-likeness (QED) is 0.845. The average Bonchev–Trinajstić information content (AvgIpc) is 2.72. The molecule has 1 heterocycles. The van der Waals surface area contributed by atoms with E-state index in [1.165, 1.54) is 18.2 Å². The predicted molar refractivity (Wildman–Crippen MR) is 64.6 cm³/mol. The van der Waals surface area contributed by atoms with Gasteiger partial charge in [-0.1, -0.05) is 0 Å². The minimum atomic E-state index is -0.355. The van der Waals surface area contributed by atoms with E-state index >= 15 is 0 Å². The van der Waals surface area contributed by atoms with Crippen LogP contribution in [0.3, 0.4) is 0 Å². The summed E-state index contributed by atoms with van der Waals surface area (Å²) < 4.78 is 12.9. The molecule has 1 saturated heterocycles. The zero-order valence-electron chi connectivity index (χ0n) is 10.1. The van der Waals surface area contributed by atoms with E-state index in [0.717, 1.165) is 6.42 Å². The molecule has 2 amide bonds. The van der Waals surface area contributed by atoms with E-state index in [1.807, 2.05) is 0 Å². The lowest BCUT2D eigenvalue weighted by atomic mass is 10.1. The number of hydrogen-bond donors (Lipinski definition) is 2. The third kappa shape index (κ3) is 2.85. The first-order chi connectivity index (χ1) is 8.56. The molecule has 1 aliphatic rings. The van der Waals surface area contributed by atoms with Crippen molar-refractivity contribution in [2.24, 2.45) is 0 Å². The van der Waals surface area contributed by atoms with Crippen molar-refractivity contribution in [2.75, 3.05) is 6.54 Å². The molecule has 2 rings (SSSR count). The number of nitrogens with one attached hydrogen (secondary N) is 2. The molecule has 96 valence electrons. The molecule has 0 aliphatic carbocycles. The zero-order valence-corrected chi connectivity index (χ0v) is 10.1. The molecule has 2 N–H and O–H groups in total. The van der Waals surface area contributed by atoms with E-state index in [-0.39, 0.29) is 23.7 Å². The summed E-state index contributed by atoms with van der Waals surface area (Å²) in [6.45, 7) is 2.09. The second-order valence-electron chi connectivity index (χ2n) is 4.47. The Morgan fingerprint density at radius 1 is 1.56 bits per heavy atom. The molecular weight excluding hydrogens is 235 g/mol. The highest BCUT2D eigenvalue weighted by Gasteiger charge is 2.21. The summed E-state index contributed by atoms with van der Waals surface area (Å²) in [5.74, 6) is -0.576. The molecule has 1 atom stereocenters. The second kappa shape index (κ2) is 5.16. The molecule has 1 aromatic carbocycles. The number of halogens is 1. The average molecular weight is 250 g/mol. The van der Waals surface area contributed by atoms with Crippen LogP contribution in [0.5, 0.6) is 0 Å². The Labute approximate surface area is 105 Å². The Hall–Kier alpha value is -1.91. The zero-order chi connectivity index (χ0) is 13.1. The molecule has 0 radical (unpaired) electrons. The Bertz CT molecular complexity index is 488. The summed E-state index contributed by atoms with van der Waals surface area (Å²) in [7, 11) is 0. The fourth-order valence-electron chi connectivity index (χ4n) is 2.02. The van der Waals surface area contributed by atoms with Gasteiger partial charge in [-0.2, -0.15) is 0 Å². The van der Waals surface area contributed by atoms with Crippen molar-refractivity contribution in [1.29, 1.82) is 0 Å². The van der Waals surface area contributed by atoms with E-state index in [2.05, 4.69) is 10.6 Å². The summed E-state index contributed by atoms with van der Waals surface area (Å²) in [4.78, 5) is 22.9. The second-order valence-corrected chi connectivity index (χ2v) is 4.47. The van der Waals surface area contributed by atoms with Crippen molar-refractivity contribution in [3.8, 4) is 0 Å². The molecule has 0 aromatic heterocycles. The van der Waals surface area contributed by atoms with Crippen LogP contribution in [0.4, 0.5) is 4.39 Å². The largest absolute Gasteiger partial charge is 0.352 e. The van der Waals surface area contributed by atoms with Gasteiger partial charge in [0.2, 0.25) is 5.91 Å². The number of benzene rings is 1. The molecule has 18 heavy (non-hydrogen) atoms. The molecule has 1 fully saturated rings. The van der Waals surface area contributed by atoms with Gasteiger partial charge in [0.1, 0.15) is 5.82 Å². The normalized spacial score (nSPS) is 18.6. The molecule has 0 spiro atoms. The minimum absolute atomic E-state index is 0.00204. The van der Waals surface area contributed by atoms with Gasteiger partial charge < -0.3 is 10.6 Å². The molecule has 0 bridgehead atoms. The Morgan fingerprint density at radius 2 is 2.33 bits per heavy atom. The van der Waals surface area contributed by atoms with Gasteiger partial charge in [-0.15, -0.1) is 0 Å². The van der Waals surface area contributed by atoms with Crippen LogP contribution in [-0.2, 0) is 4.79 Å². The number of hydrogen-bond acceptors (Lipinski definition) is 2. The highest BCUT2D eigenvalue weighted by molar-refractivity contribution is 5.95. The third-order valence-electron chi connectivity index (χ3n) is 3.03. The Kier molecular flexibility index (Phi) is 3.60. The van der Waals surface area contributed by atoms with Gasteiger partial charge in [0, 0.05) is 24.6 Å².